The third-order valence-corrected chi connectivity index (χ3v) is 3.09. The monoisotopic (exact) mass is 280 g/mol. The Hall–Kier alpha value is -1.16. The van der Waals surface area contributed by atoms with Crippen molar-refractivity contribution in [2.45, 2.75) is 20.4 Å². The van der Waals surface area contributed by atoms with E-state index < -0.39 is 0 Å². The van der Waals surface area contributed by atoms with Crippen LogP contribution < -0.4 is 0 Å². The molecule has 16 heavy (non-hydrogen) atoms. The normalized spacial score (nSPS) is 11.2. The summed E-state index contributed by atoms with van der Waals surface area (Å²) in [5.74, 6) is 0.524. The number of carbonyl (C=O) groups excluding carboxylic acids is 1. The van der Waals surface area contributed by atoms with E-state index in [-0.39, 0.29) is 0 Å². The number of aldehydes is 1. The van der Waals surface area contributed by atoms with Crippen LogP contribution in [0.1, 0.15) is 24.2 Å². The van der Waals surface area contributed by atoms with Crippen LogP contribution in [0.5, 0.6) is 0 Å². The van der Waals surface area contributed by atoms with Crippen molar-refractivity contribution in [3.8, 4) is 0 Å². The first-order valence-corrected chi connectivity index (χ1v) is 6.01. The summed E-state index contributed by atoms with van der Waals surface area (Å²) >= 11 is 3.46. The maximum atomic E-state index is 11.0. The smallest absolute Gasteiger partial charge is 0.152 e. The average Bonchev–Trinajstić information content (AvgIpc) is 2.57. The molecule has 0 radical (unpaired) electrons. The van der Waals surface area contributed by atoms with Gasteiger partial charge in [-0.1, -0.05) is 13.8 Å². The molecule has 0 aliphatic carbocycles. The summed E-state index contributed by atoms with van der Waals surface area (Å²) in [5, 5.41) is 0.901. The molecule has 0 spiro atoms. The summed E-state index contributed by atoms with van der Waals surface area (Å²) in [6, 6.07) is 1.86. The standard InChI is InChI=1S/C12H13BrN2O/c1-8(2)5-15-6-9(7-16)11-10(13)3-4-14-12(11)15/h3-4,6-8H,5H2,1-2H3. The summed E-state index contributed by atoms with van der Waals surface area (Å²) in [5.41, 5.74) is 1.56. The van der Waals surface area contributed by atoms with Gasteiger partial charge in [0, 0.05) is 34.4 Å². The number of aromatic nitrogens is 2. The van der Waals surface area contributed by atoms with Gasteiger partial charge in [0.1, 0.15) is 5.65 Å². The zero-order valence-electron chi connectivity index (χ0n) is 9.27. The van der Waals surface area contributed by atoms with E-state index in [1.165, 1.54) is 0 Å². The maximum absolute atomic E-state index is 11.0. The third-order valence-electron chi connectivity index (χ3n) is 2.42. The van der Waals surface area contributed by atoms with Gasteiger partial charge in [-0.05, 0) is 27.9 Å². The molecule has 0 bridgehead atoms. The fourth-order valence-electron chi connectivity index (χ4n) is 1.83. The van der Waals surface area contributed by atoms with Crippen LogP contribution in [0.2, 0.25) is 0 Å². The highest BCUT2D eigenvalue weighted by atomic mass is 79.9. The summed E-state index contributed by atoms with van der Waals surface area (Å²) < 4.78 is 2.95. The quantitative estimate of drug-likeness (QED) is 0.809. The molecule has 0 amide bonds. The van der Waals surface area contributed by atoms with Crippen molar-refractivity contribution in [3.63, 3.8) is 0 Å². The molecule has 0 atom stereocenters. The van der Waals surface area contributed by atoms with Gasteiger partial charge in [-0.2, -0.15) is 0 Å². The number of rotatable bonds is 3. The van der Waals surface area contributed by atoms with Gasteiger partial charge in [0.05, 0.1) is 0 Å². The van der Waals surface area contributed by atoms with Crippen molar-refractivity contribution in [1.82, 2.24) is 9.55 Å². The lowest BCUT2D eigenvalue weighted by Gasteiger charge is -2.07. The molecule has 0 saturated carbocycles. The molecule has 4 heteroatoms. The van der Waals surface area contributed by atoms with Gasteiger partial charge in [0.2, 0.25) is 0 Å². The van der Waals surface area contributed by atoms with Crippen LogP contribution in [0.3, 0.4) is 0 Å². The van der Waals surface area contributed by atoms with Crippen LogP contribution in [0.4, 0.5) is 0 Å². The molecule has 0 saturated heterocycles. The molecule has 0 aromatic carbocycles. The first kappa shape index (κ1) is 11.3. The minimum atomic E-state index is 0.524. The van der Waals surface area contributed by atoms with E-state index in [2.05, 4.69) is 34.8 Å². The zero-order valence-corrected chi connectivity index (χ0v) is 10.9. The van der Waals surface area contributed by atoms with Crippen LogP contribution in [0.15, 0.2) is 22.9 Å². The molecule has 2 aromatic rings. The van der Waals surface area contributed by atoms with Gasteiger partial charge in [0.25, 0.3) is 0 Å². The minimum absolute atomic E-state index is 0.524. The molecular weight excluding hydrogens is 268 g/mol. The Kier molecular flexibility index (Phi) is 3.10. The van der Waals surface area contributed by atoms with Gasteiger partial charge in [-0.15, -0.1) is 0 Å². The summed E-state index contributed by atoms with van der Waals surface area (Å²) in [4.78, 5) is 15.3. The molecule has 0 aliphatic heterocycles. The zero-order chi connectivity index (χ0) is 11.7. The van der Waals surface area contributed by atoms with Gasteiger partial charge < -0.3 is 4.57 Å². The molecule has 2 rings (SSSR count). The molecule has 84 valence electrons. The average molecular weight is 281 g/mol. The molecular formula is C12H13BrN2O. The highest BCUT2D eigenvalue weighted by Gasteiger charge is 2.12. The number of fused-ring (bicyclic) bond motifs is 1. The van der Waals surface area contributed by atoms with Gasteiger partial charge >= 0.3 is 0 Å². The van der Waals surface area contributed by atoms with E-state index >= 15 is 0 Å². The molecule has 0 N–H and O–H groups in total. The Balaban J connectivity index is 2.68. The van der Waals surface area contributed by atoms with Crippen LogP contribution in [-0.4, -0.2) is 15.8 Å². The van der Waals surface area contributed by atoms with E-state index in [1.54, 1.807) is 6.20 Å². The fourth-order valence-corrected chi connectivity index (χ4v) is 2.35. The molecule has 0 fully saturated rings. The van der Waals surface area contributed by atoms with E-state index in [0.29, 0.717) is 11.5 Å². The molecule has 2 heterocycles. The second-order valence-electron chi connectivity index (χ2n) is 4.24. The molecule has 0 aliphatic rings. The number of hydrogen-bond donors (Lipinski definition) is 0. The van der Waals surface area contributed by atoms with E-state index in [0.717, 1.165) is 28.3 Å². The van der Waals surface area contributed by atoms with Crippen molar-refractivity contribution in [2.24, 2.45) is 5.92 Å². The van der Waals surface area contributed by atoms with Gasteiger partial charge in [-0.25, -0.2) is 4.98 Å². The largest absolute Gasteiger partial charge is 0.331 e. The van der Waals surface area contributed by atoms with Crippen LogP contribution in [0.25, 0.3) is 11.0 Å². The van der Waals surface area contributed by atoms with E-state index in [9.17, 15) is 4.79 Å². The number of pyridine rings is 1. The second-order valence-corrected chi connectivity index (χ2v) is 5.09. The molecule has 3 nitrogen and oxygen atoms in total. The summed E-state index contributed by atoms with van der Waals surface area (Å²) in [6.45, 7) is 5.16. The van der Waals surface area contributed by atoms with Crippen molar-refractivity contribution in [1.29, 1.82) is 0 Å². The van der Waals surface area contributed by atoms with Crippen LogP contribution >= 0.6 is 15.9 Å². The number of nitrogens with zero attached hydrogens (tertiary/aromatic N) is 2. The summed E-state index contributed by atoms with van der Waals surface area (Å²) in [7, 11) is 0. The van der Waals surface area contributed by atoms with Crippen molar-refractivity contribution >= 4 is 33.2 Å². The maximum Gasteiger partial charge on any atom is 0.152 e. The second kappa shape index (κ2) is 4.37. The number of halogens is 1. The number of carbonyl (C=O) groups is 1. The Morgan fingerprint density at radius 3 is 2.94 bits per heavy atom. The van der Waals surface area contributed by atoms with E-state index in [1.807, 2.05) is 16.8 Å². The van der Waals surface area contributed by atoms with Gasteiger partial charge in [-0.3, -0.25) is 4.79 Å². The van der Waals surface area contributed by atoms with Crippen LogP contribution in [0, 0.1) is 5.92 Å². The molecule has 0 unspecified atom stereocenters. The lowest BCUT2D eigenvalue weighted by Crippen LogP contribution is -2.03. The Morgan fingerprint density at radius 1 is 1.56 bits per heavy atom. The first-order valence-electron chi connectivity index (χ1n) is 5.22. The van der Waals surface area contributed by atoms with Crippen LogP contribution in [-0.2, 0) is 6.54 Å². The fraction of sp³-hybridized carbons (Fsp3) is 0.333. The Morgan fingerprint density at radius 2 is 2.31 bits per heavy atom. The SMILES string of the molecule is CC(C)Cn1cc(C=O)c2c(Br)ccnc21. The van der Waals surface area contributed by atoms with Crippen molar-refractivity contribution < 1.29 is 4.79 Å². The lowest BCUT2D eigenvalue weighted by atomic mass is 10.2. The third kappa shape index (κ3) is 1.89. The topological polar surface area (TPSA) is 34.9 Å². The predicted octanol–water partition coefficient (Wildman–Crippen LogP) is 3.27. The minimum Gasteiger partial charge on any atom is -0.331 e. The van der Waals surface area contributed by atoms with Crippen molar-refractivity contribution in [2.75, 3.05) is 0 Å². The Labute approximate surface area is 103 Å². The predicted molar refractivity (Wildman–Crippen MR) is 67.7 cm³/mol. The first-order chi connectivity index (χ1) is 7.63. The highest BCUT2D eigenvalue weighted by molar-refractivity contribution is 9.10. The molecule has 2 aromatic heterocycles. The Bertz CT molecular complexity index is 531. The lowest BCUT2D eigenvalue weighted by molar-refractivity contribution is 0.112. The van der Waals surface area contributed by atoms with Crippen molar-refractivity contribution in [3.05, 3.63) is 28.5 Å². The van der Waals surface area contributed by atoms with E-state index in [4.69, 9.17) is 0 Å². The summed E-state index contributed by atoms with van der Waals surface area (Å²) in [6.07, 6.45) is 4.50. The highest BCUT2D eigenvalue weighted by Crippen LogP contribution is 2.26. The van der Waals surface area contributed by atoms with Gasteiger partial charge in [0.15, 0.2) is 6.29 Å². The number of hydrogen-bond acceptors (Lipinski definition) is 2.